The average Bonchev–Trinajstić information content (AvgIpc) is 1.76. The van der Waals surface area contributed by atoms with E-state index in [9.17, 15) is 0 Å². The van der Waals surface area contributed by atoms with Crippen LogP contribution in [-0.4, -0.2) is 31.6 Å². The van der Waals surface area contributed by atoms with Crippen LogP contribution in [0.5, 0.6) is 0 Å². The Hall–Kier alpha value is 0.663. The molecule has 1 heterocycles. The van der Waals surface area contributed by atoms with Gasteiger partial charge < -0.3 is 0 Å². The van der Waals surface area contributed by atoms with E-state index in [1.165, 1.54) is 10.7 Å². The Morgan fingerprint density at radius 3 is 3.00 bits per heavy atom. The fraction of sp³-hybridized carbons (Fsp3) is 0.667. The van der Waals surface area contributed by atoms with Gasteiger partial charge in [0.1, 0.15) is 0 Å². The van der Waals surface area contributed by atoms with E-state index >= 15 is 0 Å². The summed E-state index contributed by atoms with van der Waals surface area (Å²) in [6, 6.07) is 0. The summed E-state index contributed by atoms with van der Waals surface area (Å²) in [7, 11) is 0. The van der Waals surface area contributed by atoms with E-state index in [2.05, 4.69) is 10.4 Å². The first-order chi connectivity index (χ1) is 2.50. The molecule has 0 saturated carbocycles. The Kier molecular flexibility index (Phi) is 1.50. The van der Waals surface area contributed by atoms with Crippen molar-refractivity contribution in [1.29, 1.82) is 0 Å². The Morgan fingerprint density at radius 1 is 1.80 bits per heavy atom. The van der Waals surface area contributed by atoms with Crippen LogP contribution in [0, 0.1) is 0 Å². The van der Waals surface area contributed by atoms with Crippen LogP contribution in [0.15, 0.2) is 0 Å². The van der Waals surface area contributed by atoms with Crippen LogP contribution in [0.1, 0.15) is 0 Å². The van der Waals surface area contributed by atoms with Crippen molar-refractivity contribution in [3.8, 4) is 0 Å². The third kappa shape index (κ3) is 1.03. The topological polar surface area (TPSA) is 0 Å². The Bertz CT molecular complexity index is 72.9. The van der Waals surface area contributed by atoms with Gasteiger partial charge in [-0.15, -0.1) is 0 Å². The fourth-order valence-corrected chi connectivity index (χ4v) is 2.17. The molecule has 1 rings (SSSR count). The predicted molar refractivity (Wildman–Crippen MR) is 26.1 cm³/mol. The standard InChI is InChI=1S/C3H4B.Sb/c1-3-4-2;/h1,3H2;. The summed E-state index contributed by atoms with van der Waals surface area (Å²) in [4.78, 5) is 0. The van der Waals surface area contributed by atoms with Crippen molar-refractivity contribution < 1.29 is 0 Å². The average molecular weight is 173 g/mol. The predicted octanol–water partition coefficient (Wildman–Crippen LogP) is -0.118. The van der Waals surface area contributed by atoms with Crippen molar-refractivity contribution in [1.82, 2.24) is 0 Å². The molecule has 0 saturated heterocycles. The molecule has 24 valence electrons. The zero-order chi connectivity index (χ0) is 3.54. The summed E-state index contributed by atoms with van der Waals surface area (Å²) in [5, 5.41) is 0. The fourth-order valence-electron chi connectivity index (χ4n) is 0.323. The summed E-state index contributed by atoms with van der Waals surface area (Å²) >= 11 is 0.161. The van der Waals surface area contributed by atoms with Gasteiger partial charge in [0.05, 0.1) is 0 Å². The molecule has 0 aromatic carbocycles. The van der Waals surface area contributed by atoms with Gasteiger partial charge >= 0.3 is 42.2 Å². The van der Waals surface area contributed by atoms with Crippen LogP contribution >= 0.6 is 0 Å². The molecule has 2 heteroatoms. The zero-order valence-electron chi connectivity index (χ0n) is 2.94. The number of hydrogen-bond donors (Lipinski definition) is 0. The number of rotatable bonds is 0. The molecule has 0 bridgehead atoms. The minimum atomic E-state index is 0.161. The molecule has 0 amide bonds. The van der Waals surface area contributed by atoms with E-state index in [4.69, 9.17) is 0 Å². The third-order valence-electron chi connectivity index (χ3n) is 0.568. The molecule has 0 aromatic rings. The molecule has 0 fully saturated rings. The molecular weight excluding hydrogens is 169 g/mol. The molecule has 0 spiro atoms. The van der Waals surface area contributed by atoms with Gasteiger partial charge in [-0.1, -0.05) is 0 Å². The van der Waals surface area contributed by atoms with Crippen molar-refractivity contribution in [3.63, 3.8) is 0 Å². The van der Waals surface area contributed by atoms with Gasteiger partial charge in [0.2, 0.25) is 0 Å². The SMILES string of the molecule is B1=[C]=[Sb][CH2]C1. The van der Waals surface area contributed by atoms with E-state index in [1.807, 2.05) is 0 Å². The van der Waals surface area contributed by atoms with Crippen molar-refractivity contribution >= 4 is 31.6 Å². The third-order valence-corrected chi connectivity index (χ3v) is 2.99. The van der Waals surface area contributed by atoms with Crippen molar-refractivity contribution in [3.05, 3.63) is 0 Å². The molecule has 0 N–H and O–H groups in total. The Labute approximate surface area is 42.5 Å². The van der Waals surface area contributed by atoms with Gasteiger partial charge in [-0.3, -0.25) is 0 Å². The molecule has 0 atom stereocenters. The summed E-state index contributed by atoms with van der Waals surface area (Å²) in [6.45, 7) is 2.18. The van der Waals surface area contributed by atoms with Crippen LogP contribution in [-0.2, 0) is 0 Å². The van der Waals surface area contributed by atoms with Crippen molar-refractivity contribution in [2.45, 2.75) is 10.7 Å². The molecular formula is C3H4BSb. The van der Waals surface area contributed by atoms with Crippen LogP contribution in [0.3, 0.4) is 0 Å². The summed E-state index contributed by atoms with van der Waals surface area (Å²) in [5.41, 5.74) is 0. The van der Waals surface area contributed by atoms with Crippen LogP contribution in [0.2, 0.25) is 10.7 Å². The van der Waals surface area contributed by atoms with Gasteiger partial charge in [0.15, 0.2) is 0 Å². The molecule has 0 nitrogen and oxygen atoms in total. The second kappa shape index (κ2) is 1.95. The van der Waals surface area contributed by atoms with Crippen molar-refractivity contribution in [2.24, 2.45) is 0 Å². The monoisotopic (exact) mass is 172 g/mol. The minimum absolute atomic E-state index is 0.161. The van der Waals surface area contributed by atoms with Gasteiger partial charge in [-0.2, -0.15) is 0 Å². The molecule has 1 aliphatic rings. The van der Waals surface area contributed by atoms with Gasteiger partial charge in [0.25, 0.3) is 0 Å². The molecule has 0 aromatic heterocycles. The summed E-state index contributed by atoms with van der Waals surface area (Å²) in [5.74, 6) is 0. The van der Waals surface area contributed by atoms with E-state index in [1.54, 1.807) is 0 Å². The number of hydrogen-bond acceptors (Lipinski definition) is 0. The van der Waals surface area contributed by atoms with Crippen LogP contribution in [0.25, 0.3) is 0 Å². The van der Waals surface area contributed by atoms with E-state index < -0.39 is 0 Å². The maximum absolute atomic E-state index is 3.25. The second-order valence-electron chi connectivity index (χ2n) is 1.00. The van der Waals surface area contributed by atoms with E-state index in [-0.39, 0.29) is 21.1 Å². The Morgan fingerprint density at radius 2 is 2.80 bits per heavy atom. The van der Waals surface area contributed by atoms with Gasteiger partial charge in [0, 0.05) is 0 Å². The summed E-state index contributed by atoms with van der Waals surface area (Å²) < 4.78 is 4.73. The van der Waals surface area contributed by atoms with Crippen molar-refractivity contribution in [2.75, 3.05) is 0 Å². The first kappa shape index (κ1) is 3.84. The molecule has 0 aliphatic carbocycles. The first-order valence-electron chi connectivity index (χ1n) is 1.74. The Balaban J connectivity index is 2.64. The zero-order valence-corrected chi connectivity index (χ0v) is 5.49. The van der Waals surface area contributed by atoms with E-state index in [0.29, 0.717) is 0 Å². The van der Waals surface area contributed by atoms with Crippen LogP contribution < -0.4 is 0 Å². The van der Waals surface area contributed by atoms with Crippen LogP contribution in [0.4, 0.5) is 0 Å². The van der Waals surface area contributed by atoms with Gasteiger partial charge in [-0.05, 0) is 0 Å². The second-order valence-corrected chi connectivity index (χ2v) is 3.92. The quantitative estimate of drug-likeness (QED) is 0.447. The van der Waals surface area contributed by atoms with E-state index in [0.717, 1.165) is 0 Å². The maximum atomic E-state index is 3.25. The molecule has 5 heavy (non-hydrogen) atoms. The molecule has 1 aliphatic heterocycles. The summed E-state index contributed by atoms with van der Waals surface area (Å²) in [6.07, 6.45) is 1.33. The first-order valence-corrected chi connectivity index (χ1v) is 4.82. The molecule has 0 unspecified atom stereocenters. The van der Waals surface area contributed by atoms with Gasteiger partial charge in [-0.25, -0.2) is 0 Å². The molecule has 0 radical (unpaired) electrons. The normalized spacial score (nSPS) is 16.0.